The van der Waals surface area contributed by atoms with Crippen LogP contribution in [0.3, 0.4) is 0 Å². The minimum absolute atomic E-state index is 0.326. The third-order valence-electron chi connectivity index (χ3n) is 2.75. The molecule has 0 bridgehead atoms. The molecule has 1 rings (SSSR count). The van der Waals surface area contributed by atoms with E-state index >= 15 is 0 Å². The highest BCUT2D eigenvalue weighted by molar-refractivity contribution is 5.97. The van der Waals surface area contributed by atoms with Crippen molar-refractivity contribution < 1.29 is 19.1 Å². The van der Waals surface area contributed by atoms with Gasteiger partial charge in [0, 0.05) is 0 Å². The van der Waals surface area contributed by atoms with Crippen LogP contribution in [-0.2, 0) is 4.79 Å². The fraction of sp³-hybridized carbons (Fsp3) is 0.455. The Balaban J connectivity index is 2.84. The van der Waals surface area contributed by atoms with Crippen molar-refractivity contribution in [1.82, 2.24) is 5.32 Å². The van der Waals surface area contributed by atoms with E-state index in [0.717, 1.165) is 0 Å². The van der Waals surface area contributed by atoms with Crippen LogP contribution >= 0.6 is 0 Å². The number of carbonyl (C=O) groups excluding carboxylic acids is 1. The summed E-state index contributed by atoms with van der Waals surface area (Å²) >= 11 is 0. The van der Waals surface area contributed by atoms with E-state index in [0.29, 0.717) is 18.4 Å². The third-order valence-corrected chi connectivity index (χ3v) is 2.75. The van der Waals surface area contributed by atoms with Gasteiger partial charge in [0.25, 0.3) is 5.91 Å². The monoisotopic (exact) mass is 225 g/mol. The SMILES string of the molecule is CCC(CC)(NC(=O)c1ccoc1)C(=O)O. The van der Waals surface area contributed by atoms with Gasteiger partial charge in [-0.2, -0.15) is 0 Å². The zero-order valence-corrected chi connectivity index (χ0v) is 9.32. The zero-order chi connectivity index (χ0) is 12.2. The lowest BCUT2D eigenvalue weighted by molar-refractivity contribution is -0.144. The van der Waals surface area contributed by atoms with E-state index in [1.165, 1.54) is 18.6 Å². The smallest absolute Gasteiger partial charge is 0.329 e. The summed E-state index contributed by atoms with van der Waals surface area (Å²) in [6.07, 6.45) is 3.33. The Labute approximate surface area is 93.4 Å². The lowest BCUT2D eigenvalue weighted by Gasteiger charge is -2.27. The fourth-order valence-electron chi connectivity index (χ4n) is 1.47. The summed E-state index contributed by atoms with van der Waals surface area (Å²) in [5.74, 6) is -1.45. The molecule has 0 aliphatic heterocycles. The highest BCUT2D eigenvalue weighted by Gasteiger charge is 2.36. The summed E-state index contributed by atoms with van der Waals surface area (Å²) in [6, 6.07) is 1.49. The van der Waals surface area contributed by atoms with E-state index in [-0.39, 0.29) is 0 Å². The van der Waals surface area contributed by atoms with Crippen LogP contribution in [-0.4, -0.2) is 22.5 Å². The van der Waals surface area contributed by atoms with Gasteiger partial charge in [0.15, 0.2) is 0 Å². The van der Waals surface area contributed by atoms with Crippen molar-refractivity contribution in [2.75, 3.05) is 0 Å². The number of amides is 1. The Morgan fingerprint density at radius 2 is 2.06 bits per heavy atom. The molecule has 0 unspecified atom stereocenters. The molecule has 0 radical (unpaired) electrons. The molecule has 0 saturated carbocycles. The van der Waals surface area contributed by atoms with Gasteiger partial charge >= 0.3 is 5.97 Å². The Morgan fingerprint density at radius 1 is 1.44 bits per heavy atom. The molecule has 2 N–H and O–H groups in total. The van der Waals surface area contributed by atoms with E-state index in [2.05, 4.69) is 5.32 Å². The molecule has 0 aliphatic carbocycles. The summed E-state index contributed by atoms with van der Waals surface area (Å²) in [7, 11) is 0. The van der Waals surface area contributed by atoms with Crippen LogP contribution in [0.25, 0.3) is 0 Å². The quantitative estimate of drug-likeness (QED) is 0.798. The molecule has 0 fully saturated rings. The lowest BCUT2D eigenvalue weighted by Crippen LogP contribution is -2.53. The second kappa shape index (κ2) is 4.83. The Hall–Kier alpha value is -1.78. The van der Waals surface area contributed by atoms with Crippen molar-refractivity contribution >= 4 is 11.9 Å². The molecular formula is C11H15NO4. The van der Waals surface area contributed by atoms with Crippen molar-refractivity contribution in [3.63, 3.8) is 0 Å². The maximum atomic E-state index is 11.7. The molecule has 5 heteroatoms. The maximum absolute atomic E-state index is 11.7. The summed E-state index contributed by atoms with van der Waals surface area (Å²) in [5, 5.41) is 11.7. The van der Waals surface area contributed by atoms with Crippen LogP contribution in [0.2, 0.25) is 0 Å². The van der Waals surface area contributed by atoms with Crippen molar-refractivity contribution in [3.8, 4) is 0 Å². The molecule has 1 aromatic heterocycles. The predicted octanol–water partition coefficient (Wildman–Crippen LogP) is 1.65. The van der Waals surface area contributed by atoms with E-state index in [1.807, 2.05) is 0 Å². The first-order valence-electron chi connectivity index (χ1n) is 5.14. The summed E-state index contributed by atoms with van der Waals surface area (Å²) in [6.45, 7) is 3.46. The highest BCUT2D eigenvalue weighted by atomic mass is 16.4. The number of hydrogen-bond acceptors (Lipinski definition) is 3. The van der Waals surface area contributed by atoms with Crippen molar-refractivity contribution in [2.45, 2.75) is 32.2 Å². The Kier molecular flexibility index (Phi) is 3.71. The topological polar surface area (TPSA) is 79.5 Å². The first kappa shape index (κ1) is 12.3. The van der Waals surface area contributed by atoms with Crippen LogP contribution in [0.5, 0.6) is 0 Å². The second-order valence-corrected chi connectivity index (χ2v) is 3.56. The first-order valence-corrected chi connectivity index (χ1v) is 5.14. The van der Waals surface area contributed by atoms with Crippen LogP contribution in [0.15, 0.2) is 23.0 Å². The molecule has 5 nitrogen and oxygen atoms in total. The van der Waals surface area contributed by atoms with Crippen molar-refractivity contribution in [2.24, 2.45) is 0 Å². The van der Waals surface area contributed by atoms with Gasteiger partial charge in [0.05, 0.1) is 11.8 Å². The van der Waals surface area contributed by atoms with E-state index < -0.39 is 17.4 Å². The van der Waals surface area contributed by atoms with Gasteiger partial charge in [-0.15, -0.1) is 0 Å². The number of carboxylic acids is 1. The lowest BCUT2D eigenvalue weighted by atomic mass is 9.92. The number of furan rings is 1. The summed E-state index contributed by atoms with van der Waals surface area (Å²) in [4.78, 5) is 22.9. The molecule has 16 heavy (non-hydrogen) atoms. The Bertz CT molecular complexity index is 365. The average molecular weight is 225 g/mol. The number of nitrogens with one attached hydrogen (secondary N) is 1. The van der Waals surface area contributed by atoms with Crippen LogP contribution in [0, 0.1) is 0 Å². The summed E-state index contributed by atoms with van der Waals surface area (Å²) in [5.41, 5.74) is -0.874. The van der Waals surface area contributed by atoms with Gasteiger partial charge in [-0.05, 0) is 18.9 Å². The highest BCUT2D eigenvalue weighted by Crippen LogP contribution is 2.16. The first-order chi connectivity index (χ1) is 7.55. The Morgan fingerprint density at radius 3 is 2.44 bits per heavy atom. The van der Waals surface area contributed by atoms with Gasteiger partial charge in [0.1, 0.15) is 11.8 Å². The molecule has 0 saturated heterocycles. The normalized spacial score (nSPS) is 11.1. The van der Waals surface area contributed by atoms with E-state index in [9.17, 15) is 9.59 Å². The maximum Gasteiger partial charge on any atom is 0.329 e. The molecule has 0 aromatic carbocycles. The standard InChI is InChI=1S/C11H15NO4/c1-3-11(4-2,10(14)15)12-9(13)8-5-6-16-7-8/h5-7H,3-4H2,1-2H3,(H,12,13)(H,14,15). The predicted molar refractivity (Wildman–Crippen MR) is 57.1 cm³/mol. The molecule has 0 aliphatic rings. The number of carbonyl (C=O) groups is 2. The largest absolute Gasteiger partial charge is 0.480 e. The third kappa shape index (κ3) is 2.24. The van der Waals surface area contributed by atoms with Crippen molar-refractivity contribution in [3.05, 3.63) is 24.2 Å². The molecule has 0 spiro atoms. The molecule has 88 valence electrons. The number of carboxylic acid groups (broad SMARTS) is 1. The van der Waals surface area contributed by atoms with E-state index in [1.54, 1.807) is 13.8 Å². The van der Waals surface area contributed by atoms with Crippen LogP contribution < -0.4 is 5.32 Å². The van der Waals surface area contributed by atoms with Crippen LogP contribution in [0.1, 0.15) is 37.0 Å². The fourth-order valence-corrected chi connectivity index (χ4v) is 1.47. The molecule has 1 amide bonds. The molecular weight excluding hydrogens is 210 g/mol. The summed E-state index contributed by atoms with van der Waals surface area (Å²) < 4.78 is 4.77. The van der Waals surface area contributed by atoms with Gasteiger partial charge in [-0.3, -0.25) is 4.79 Å². The minimum Gasteiger partial charge on any atom is -0.480 e. The number of aliphatic carboxylic acids is 1. The van der Waals surface area contributed by atoms with Gasteiger partial charge in [-0.25, -0.2) is 4.79 Å². The second-order valence-electron chi connectivity index (χ2n) is 3.56. The minimum atomic E-state index is -1.20. The molecule has 1 heterocycles. The van der Waals surface area contributed by atoms with Gasteiger partial charge in [0.2, 0.25) is 0 Å². The number of rotatable bonds is 5. The average Bonchev–Trinajstić information content (AvgIpc) is 2.78. The van der Waals surface area contributed by atoms with Crippen LogP contribution in [0.4, 0.5) is 0 Å². The van der Waals surface area contributed by atoms with Gasteiger partial charge < -0.3 is 14.8 Å². The van der Waals surface area contributed by atoms with Crippen molar-refractivity contribution in [1.29, 1.82) is 0 Å². The molecule has 0 atom stereocenters. The van der Waals surface area contributed by atoms with E-state index in [4.69, 9.17) is 9.52 Å². The number of hydrogen-bond donors (Lipinski definition) is 2. The molecule has 1 aromatic rings. The van der Waals surface area contributed by atoms with Gasteiger partial charge in [-0.1, -0.05) is 13.8 Å². The zero-order valence-electron chi connectivity index (χ0n) is 9.32.